The molecule has 0 unspecified atom stereocenters. The molecule has 0 saturated heterocycles. The van der Waals surface area contributed by atoms with Gasteiger partial charge in [0.15, 0.2) is 0 Å². The second-order valence-electron chi connectivity index (χ2n) is 7.09. The minimum atomic E-state index is 0.400. The van der Waals surface area contributed by atoms with E-state index in [-0.39, 0.29) is 0 Å². The summed E-state index contributed by atoms with van der Waals surface area (Å²) >= 11 is 0. The van der Waals surface area contributed by atoms with Gasteiger partial charge in [-0.3, -0.25) is 0 Å². The van der Waals surface area contributed by atoms with E-state index in [0.717, 1.165) is 45.1 Å². The number of nitriles is 2. The molecule has 2 aromatic heterocycles. The number of allylic oxidation sites excluding steroid dienone is 6. The van der Waals surface area contributed by atoms with Crippen LogP contribution in [0.3, 0.4) is 0 Å². The van der Waals surface area contributed by atoms with Crippen LogP contribution in [0.4, 0.5) is 0 Å². The van der Waals surface area contributed by atoms with Crippen LogP contribution in [-0.4, -0.2) is 9.55 Å². The van der Waals surface area contributed by atoms with E-state index in [2.05, 4.69) is 46.0 Å². The molecule has 1 aliphatic rings. The fraction of sp³-hybridized carbons (Fsp3) is 0.0385. The molecule has 4 nitrogen and oxygen atoms in total. The molecule has 30 heavy (non-hydrogen) atoms. The van der Waals surface area contributed by atoms with Crippen LogP contribution in [0, 0.1) is 22.7 Å². The minimum Gasteiger partial charge on any atom is -0.309 e. The first-order valence-electron chi connectivity index (χ1n) is 9.67. The van der Waals surface area contributed by atoms with Crippen molar-refractivity contribution < 1.29 is 0 Å². The van der Waals surface area contributed by atoms with Crippen molar-refractivity contribution in [3.63, 3.8) is 0 Å². The van der Waals surface area contributed by atoms with E-state index >= 15 is 0 Å². The molecule has 0 bridgehead atoms. The van der Waals surface area contributed by atoms with E-state index in [9.17, 15) is 10.5 Å². The lowest BCUT2D eigenvalue weighted by Gasteiger charge is -2.15. The van der Waals surface area contributed by atoms with Gasteiger partial charge in [-0.15, -0.1) is 0 Å². The van der Waals surface area contributed by atoms with Gasteiger partial charge in [0.1, 0.15) is 11.8 Å². The van der Waals surface area contributed by atoms with Gasteiger partial charge < -0.3 is 4.57 Å². The zero-order chi connectivity index (χ0) is 20.5. The van der Waals surface area contributed by atoms with E-state index < -0.39 is 0 Å². The predicted octanol–water partition coefficient (Wildman–Crippen LogP) is 5.82. The van der Waals surface area contributed by atoms with Crippen molar-refractivity contribution in [1.82, 2.24) is 9.55 Å². The third-order valence-electron chi connectivity index (χ3n) is 5.40. The first-order chi connectivity index (χ1) is 14.8. The summed E-state index contributed by atoms with van der Waals surface area (Å²) in [6.45, 7) is 0. The maximum Gasteiger partial charge on any atom is 0.141 e. The fourth-order valence-corrected chi connectivity index (χ4v) is 4.07. The zero-order valence-electron chi connectivity index (χ0n) is 16.1. The molecule has 140 valence electrons. The Morgan fingerprint density at radius 2 is 1.73 bits per heavy atom. The molecular weight excluding hydrogens is 368 g/mol. The Bertz CT molecular complexity index is 1480. The number of fused-ring (bicyclic) bond motifs is 3. The standard InChI is InChI=1S/C26H16N4/c27-16-18-10-11-26-23(14-18)22-7-4-5-9-25(22)30(26)24-8-3-1-2-6-21(24)19-12-13-29-20(15-19)17-28/h1-5,7-15H,6H2. The number of rotatable bonds is 2. The Kier molecular flexibility index (Phi) is 4.24. The highest BCUT2D eigenvalue weighted by Crippen LogP contribution is 2.37. The SMILES string of the molecule is N#Cc1ccc2c(c1)c1ccccc1n2C1=C(c2ccnc(C#N)c2)CC=CC=C1. The number of nitrogens with zero attached hydrogens (tertiary/aromatic N) is 4. The summed E-state index contributed by atoms with van der Waals surface area (Å²) in [5.41, 5.74) is 6.31. The topological polar surface area (TPSA) is 65.4 Å². The molecule has 1 aliphatic carbocycles. The van der Waals surface area contributed by atoms with Crippen LogP contribution in [0.5, 0.6) is 0 Å². The van der Waals surface area contributed by atoms with Crippen molar-refractivity contribution >= 4 is 33.1 Å². The van der Waals surface area contributed by atoms with Crippen molar-refractivity contribution in [1.29, 1.82) is 10.5 Å². The highest BCUT2D eigenvalue weighted by molar-refractivity contribution is 6.12. The quantitative estimate of drug-likeness (QED) is 0.437. The number of hydrogen-bond acceptors (Lipinski definition) is 3. The summed E-state index contributed by atoms with van der Waals surface area (Å²) in [5, 5.41) is 20.9. The van der Waals surface area contributed by atoms with Crippen molar-refractivity contribution in [2.24, 2.45) is 0 Å². The molecule has 0 saturated carbocycles. The molecule has 2 heterocycles. The van der Waals surface area contributed by atoms with Gasteiger partial charge in [0.2, 0.25) is 0 Å². The largest absolute Gasteiger partial charge is 0.309 e. The Morgan fingerprint density at radius 3 is 2.60 bits per heavy atom. The molecule has 0 radical (unpaired) electrons. The second kappa shape index (κ2) is 7.20. The molecule has 0 aliphatic heterocycles. The molecule has 0 spiro atoms. The Labute approximate surface area is 173 Å². The highest BCUT2D eigenvalue weighted by atomic mass is 15.0. The van der Waals surface area contributed by atoms with Crippen LogP contribution in [0.15, 0.2) is 85.1 Å². The van der Waals surface area contributed by atoms with Crippen LogP contribution < -0.4 is 0 Å². The fourth-order valence-electron chi connectivity index (χ4n) is 4.07. The molecule has 5 rings (SSSR count). The molecule has 0 fully saturated rings. The van der Waals surface area contributed by atoms with Gasteiger partial charge in [0, 0.05) is 17.0 Å². The van der Waals surface area contributed by atoms with E-state index in [1.54, 1.807) is 6.20 Å². The van der Waals surface area contributed by atoms with Crippen molar-refractivity contribution in [3.05, 3.63) is 102 Å². The van der Waals surface area contributed by atoms with Gasteiger partial charge in [-0.1, -0.05) is 36.4 Å². The average Bonchev–Trinajstić information content (AvgIpc) is 2.94. The first kappa shape index (κ1) is 17.7. The normalized spacial score (nSPS) is 13.4. The van der Waals surface area contributed by atoms with Crippen molar-refractivity contribution in [3.8, 4) is 12.1 Å². The summed E-state index contributed by atoms with van der Waals surface area (Å²) in [4.78, 5) is 4.13. The van der Waals surface area contributed by atoms with Crippen LogP contribution in [0.1, 0.15) is 23.2 Å². The maximum absolute atomic E-state index is 9.38. The Hall–Kier alpha value is -4.41. The van der Waals surface area contributed by atoms with Crippen LogP contribution >= 0.6 is 0 Å². The lowest BCUT2D eigenvalue weighted by molar-refractivity contribution is 1.21. The molecule has 0 N–H and O–H groups in total. The lowest BCUT2D eigenvalue weighted by Crippen LogP contribution is -2.00. The Balaban J connectivity index is 1.89. The van der Waals surface area contributed by atoms with Crippen molar-refractivity contribution in [2.45, 2.75) is 6.42 Å². The van der Waals surface area contributed by atoms with E-state index in [4.69, 9.17) is 0 Å². The van der Waals surface area contributed by atoms with E-state index in [1.807, 2.05) is 54.6 Å². The van der Waals surface area contributed by atoms with E-state index in [1.165, 1.54) is 0 Å². The third-order valence-corrected chi connectivity index (χ3v) is 5.40. The molecule has 4 heteroatoms. The van der Waals surface area contributed by atoms with Gasteiger partial charge in [0.05, 0.1) is 28.4 Å². The lowest BCUT2D eigenvalue weighted by atomic mass is 10.0. The predicted molar refractivity (Wildman–Crippen MR) is 119 cm³/mol. The van der Waals surface area contributed by atoms with Crippen LogP contribution in [0.2, 0.25) is 0 Å². The smallest absolute Gasteiger partial charge is 0.141 e. The molecule has 4 aromatic rings. The van der Waals surface area contributed by atoms with Gasteiger partial charge >= 0.3 is 0 Å². The molecule has 0 amide bonds. The summed E-state index contributed by atoms with van der Waals surface area (Å²) in [6, 6.07) is 22.2. The number of pyridine rings is 1. The summed E-state index contributed by atoms with van der Waals surface area (Å²) in [6.07, 6.45) is 10.7. The summed E-state index contributed by atoms with van der Waals surface area (Å²) in [7, 11) is 0. The Morgan fingerprint density at radius 1 is 0.867 bits per heavy atom. The second-order valence-corrected chi connectivity index (χ2v) is 7.09. The van der Waals surface area contributed by atoms with Gasteiger partial charge in [-0.05, 0) is 60.0 Å². The number of benzene rings is 2. The molecule has 0 atom stereocenters. The van der Waals surface area contributed by atoms with Gasteiger partial charge in [-0.25, -0.2) is 4.98 Å². The van der Waals surface area contributed by atoms with Gasteiger partial charge in [0.25, 0.3) is 0 Å². The van der Waals surface area contributed by atoms with Crippen LogP contribution in [-0.2, 0) is 0 Å². The minimum absolute atomic E-state index is 0.400. The summed E-state index contributed by atoms with van der Waals surface area (Å²) in [5.74, 6) is 0. The maximum atomic E-state index is 9.38. The third kappa shape index (κ3) is 2.80. The zero-order valence-corrected chi connectivity index (χ0v) is 16.1. The molecule has 2 aromatic carbocycles. The first-order valence-corrected chi connectivity index (χ1v) is 9.67. The molecular formula is C26H16N4. The number of para-hydroxylation sites is 1. The summed E-state index contributed by atoms with van der Waals surface area (Å²) < 4.78 is 2.25. The highest BCUT2D eigenvalue weighted by Gasteiger charge is 2.17. The number of aromatic nitrogens is 2. The average molecular weight is 384 g/mol. The van der Waals surface area contributed by atoms with Crippen molar-refractivity contribution in [2.75, 3.05) is 0 Å². The van der Waals surface area contributed by atoms with Crippen LogP contribution in [0.25, 0.3) is 33.1 Å². The van der Waals surface area contributed by atoms with E-state index in [0.29, 0.717) is 11.3 Å². The monoisotopic (exact) mass is 384 g/mol. The number of hydrogen-bond donors (Lipinski definition) is 0. The van der Waals surface area contributed by atoms with Gasteiger partial charge in [-0.2, -0.15) is 10.5 Å².